The minimum absolute atomic E-state index is 0.0235. The minimum atomic E-state index is 0.0235. The molecule has 2 aliphatic heterocycles. The van der Waals surface area contributed by atoms with Crippen molar-refractivity contribution < 1.29 is 14.3 Å². The average molecular weight is 359 g/mol. The first-order chi connectivity index (χ1) is 12.6. The van der Waals surface area contributed by atoms with Crippen molar-refractivity contribution in [3.8, 4) is 0 Å². The van der Waals surface area contributed by atoms with Crippen LogP contribution in [-0.4, -0.2) is 53.6 Å². The van der Waals surface area contributed by atoms with Gasteiger partial charge >= 0.3 is 0 Å². The number of ether oxygens (including phenoxy) is 1. The fraction of sp³-hybridized carbons (Fsp3) is 0.700. The van der Waals surface area contributed by atoms with Gasteiger partial charge in [0.2, 0.25) is 5.91 Å². The molecular formula is C20H29N3O3. The van der Waals surface area contributed by atoms with Gasteiger partial charge in [0, 0.05) is 57.7 Å². The molecule has 0 aromatic carbocycles. The van der Waals surface area contributed by atoms with Crippen LogP contribution in [0.5, 0.6) is 0 Å². The molecule has 1 saturated carbocycles. The number of rotatable bonds is 3. The molecule has 1 aromatic rings. The van der Waals surface area contributed by atoms with E-state index in [1.165, 1.54) is 0 Å². The molecule has 3 fully saturated rings. The van der Waals surface area contributed by atoms with E-state index < -0.39 is 0 Å². The highest BCUT2D eigenvalue weighted by atomic mass is 16.5. The monoisotopic (exact) mass is 359 g/mol. The summed E-state index contributed by atoms with van der Waals surface area (Å²) in [6, 6.07) is 2.10. The molecule has 142 valence electrons. The highest BCUT2D eigenvalue weighted by molar-refractivity contribution is 5.94. The van der Waals surface area contributed by atoms with Crippen molar-refractivity contribution in [2.45, 2.75) is 44.6 Å². The normalized spacial score (nSPS) is 25.7. The average Bonchev–Trinajstić information content (AvgIpc) is 3.12. The van der Waals surface area contributed by atoms with E-state index in [2.05, 4.69) is 10.2 Å². The lowest BCUT2D eigenvalue weighted by Crippen LogP contribution is -2.60. The van der Waals surface area contributed by atoms with Gasteiger partial charge in [-0.15, -0.1) is 0 Å². The van der Waals surface area contributed by atoms with Gasteiger partial charge in [-0.25, -0.2) is 0 Å². The summed E-state index contributed by atoms with van der Waals surface area (Å²) in [4.78, 5) is 27.2. The Morgan fingerprint density at radius 3 is 2.46 bits per heavy atom. The van der Waals surface area contributed by atoms with Gasteiger partial charge in [-0.3, -0.25) is 9.59 Å². The fourth-order valence-electron chi connectivity index (χ4n) is 4.78. The smallest absolute Gasteiger partial charge is 0.253 e. The molecule has 0 unspecified atom stereocenters. The molecule has 0 bridgehead atoms. The van der Waals surface area contributed by atoms with E-state index in [1.807, 2.05) is 30.1 Å². The third kappa shape index (κ3) is 3.27. The molecular weight excluding hydrogens is 330 g/mol. The maximum atomic E-state index is 12.7. The Kier molecular flexibility index (Phi) is 4.78. The predicted octanol–water partition coefficient (Wildman–Crippen LogP) is 1.95. The first-order valence-corrected chi connectivity index (χ1v) is 9.87. The van der Waals surface area contributed by atoms with E-state index in [0.29, 0.717) is 19.1 Å². The molecule has 1 spiro atoms. The number of aryl methyl sites for hydroxylation is 1. The number of hydrogen-bond donors (Lipinski definition) is 1. The van der Waals surface area contributed by atoms with Crippen LogP contribution < -0.4 is 5.32 Å². The highest BCUT2D eigenvalue weighted by Crippen LogP contribution is 2.49. The zero-order chi connectivity index (χ0) is 18.1. The standard InChI is InChI=1S/C20H29N3O3/c1-22-9-3-16(14-22)18(24)21-17-2-6-20(17)7-10-23(11-8-20)19(25)15-4-12-26-13-5-15/h3,9,14-15,17H,2,4-8,10-13H2,1H3,(H,21,24)/t17-/m0/s1. The molecule has 3 heterocycles. The number of aromatic nitrogens is 1. The second-order valence-electron chi connectivity index (χ2n) is 8.20. The van der Waals surface area contributed by atoms with Gasteiger partial charge in [-0.2, -0.15) is 0 Å². The summed E-state index contributed by atoms with van der Waals surface area (Å²) in [7, 11) is 1.92. The summed E-state index contributed by atoms with van der Waals surface area (Å²) in [6.07, 6.45) is 9.68. The zero-order valence-corrected chi connectivity index (χ0v) is 15.6. The maximum absolute atomic E-state index is 12.7. The van der Waals surface area contributed by atoms with Crippen LogP contribution in [0.25, 0.3) is 0 Å². The maximum Gasteiger partial charge on any atom is 0.253 e. The Morgan fingerprint density at radius 2 is 1.88 bits per heavy atom. The zero-order valence-electron chi connectivity index (χ0n) is 15.6. The predicted molar refractivity (Wildman–Crippen MR) is 97.7 cm³/mol. The molecule has 6 heteroatoms. The molecule has 4 rings (SSSR count). The van der Waals surface area contributed by atoms with Crippen LogP contribution in [-0.2, 0) is 16.6 Å². The second kappa shape index (κ2) is 7.06. The third-order valence-corrected chi connectivity index (χ3v) is 6.71. The first-order valence-electron chi connectivity index (χ1n) is 9.87. The lowest BCUT2D eigenvalue weighted by Gasteiger charge is -2.54. The largest absolute Gasteiger partial charge is 0.381 e. The molecule has 1 aromatic heterocycles. The lowest BCUT2D eigenvalue weighted by molar-refractivity contribution is -0.142. The quantitative estimate of drug-likeness (QED) is 0.897. The number of carbonyl (C=O) groups is 2. The first kappa shape index (κ1) is 17.6. The van der Waals surface area contributed by atoms with Crippen molar-refractivity contribution in [2.24, 2.45) is 18.4 Å². The van der Waals surface area contributed by atoms with Crippen LogP contribution in [0.3, 0.4) is 0 Å². The van der Waals surface area contributed by atoms with E-state index in [-0.39, 0.29) is 23.3 Å². The summed E-state index contributed by atoms with van der Waals surface area (Å²) in [5.74, 6) is 0.482. The van der Waals surface area contributed by atoms with Crippen LogP contribution in [0.2, 0.25) is 0 Å². The van der Waals surface area contributed by atoms with Crippen molar-refractivity contribution in [3.63, 3.8) is 0 Å². The summed E-state index contributed by atoms with van der Waals surface area (Å²) in [5, 5.41) is 3.24. The Hall–Kier alpha value is -1.82. The number of amides is 2. The Balaban J connectivity index is 1.31. The van der Waals surface area contributed by atoms with Crippen molar-refractivity contribution in [1.29, 1.82) is 0 Å². The minimum Gasteiger partial charge on any atom is -0.381 e. The molecule has 26 heavy (non-hydrogen) atoms. The van der Waals surface area contributed by atoms with Crippen molar-refractivity contribution in [3.05, 3.63) is 24.0 Å². The molecule has 0 radical (unpaired) electrons. The number of nitrogens with zero attached hydrogens (tertiary/aromatic N) is 2. The fourth-order valence-corrected chi connectivity index (χ4v) is 4.78. The van der Waals surface area contributed by atoms with Crippen LogP contribution >= 0.6 is 0 Å². The Labute approximate surface area is 154 Å². The topological polar surface area (TPSA) is 63.6 Å². The van der Waals surface area contributed by atoms with Crippen molar-refractivity contribution >= 4 is 11.8 Å². The van der Waals surface area contributed by atoms with Crippen LogP contribution in [0.15, 0.2) is 18.5 Å². The molecule has 1 aliphatic carbocycles. The van der Waals surface area contributed by atoms with Crippen molar-refractivity contribution in [1.82, 2.24) is 14.8 Å². The molecule has 1 N–H and O–H groups in total. The van der Waals surface area contributed by atoms with Gasteiger partial charge < -0.3 is 19.5 Å². The van der Waals surface area contributed by atoms with Gasteiger partial charge in [0.1, 0.15) is 0 Å². The summed E-state index contributed by atoms with van der Waals surface area (Å²) < 4.78 is 7.27. The number of hydrogen-bond acceptors (Lipinski definition) is 3. The van der Waals surface area contributed by atoms with E-state index in [9.17, 15) is 9.59 Å². The second-order valence-corrected chi connectivity index (χ2v) is 8.20. The van der Waals surface area contributed by atoms with E-state index in [4.69, 9.17) is 4.74 Å². The number of nitrogens with one attached hydrogen (secondary N) is 1. The molecule has 3 aliphatic rings. The SMILES string of the molecule is Cn1ccc(C(=O)N[C@H]2CCC23CCN(C(=O)C2CCOCC2)CC3)c1. The number of carbonyl (C=O) groups excluding carboxylic acids is 2. The van der Waals surface area contributed by atoms with Gasteiger partial charge in [-0.1, -0.05) is 0 Å². The molecule has 2 saturated heterocycles. The van der Waals surface area contributed by atoms with Gasteiger partial charge in [-0.05, 0) is 50.0 Å². The highest BCUT2D eigenvalue weighted by Gasteiger charge is 2.49. The Morgan fingerprint density at radius 1 is 1.15 bits per heavy atom. The van der Waals surface area contributed by atoms with Crippen LogP contribution in [0.4, 0.5) is 0 Å². The van der Waals surface area contributed by atoms with Gasteiger partial charge in [0.25, 0.3) is 5.91 Å². The molecule has 6 nitrogen and oxygen atoms in total. The van der Waals surface area contributed by atoms with Gasteiger partial charge in [0.05, 0.1) is 5.56 Å². The summed E-state index contributed by atoms with van der Waals surface area (Å²) >= 11 is 0. The van der Waals surface area contributed by atoms with Crippen molar-refractivity contribution in [2.75, 3.05) is 26.3 Å². The number of piperidine rings is 1. The summed E-state index contributed by atoms with van der Waals surface area (Å²) in [5.41, 5.74) is 0.915. The number of likely N-dealkylation sites (tertiary alicyclic amines) is 1. The van der Waals surface area contributed by atoms with E-state index >= 15 is 0 Å². The Bertz CT molecular complexity index is 670. The van der Waals surface area contributed by atoms with Crippen LogP contribution in [0, 0.1) is 11.3 Å². The lowest BCUT2D eigenvalue weighted by atomic mass is 9.59. The third-order valence-electron chi connectivity index (χ3n) is 6.71. The summed E-state index contributed by atoms with van der Waals surface area (Å²) in [6.45, 7) is 3.07. The van der Waals surface area contributed by atoms with Gasteiger partial charge in [0.15, 0.2) is 0 Å². The molecule has 2 amide bonds. The molecule has 1 atom stereocenters. The van der Waals surface area contributed by atoms with E-state index in [0.717, 1.165) is 57.2 Å². The van der Waals surface area contributed by atoms with Crippen LogP contribution in [0.1, 0.15) is 48.9 Å². The van der Waals surface area contributed by atoms with E-state index in [1.54, 1.807) is 0 Å².